The fourth-order valence-corrected chi connectivity index (χ4v) is 1.52. The topological polar surface area (TPSA) is 65.2 Å². The van der Waals surface area contributed by atoms with Crippen LogP contribution in [0.15, 0.2) is 6.07 Å². The van der Waals surface area contributed by atoms with E-state index in [1.807, 2.05) is 0 Å². The molecular weight excluding hydrogens is 254 g/mol. The quantitative estimate of drug-likeness (QED) is 0.670. The number of alkyl halides is 3. The van der Waals surface area contributed by atoms with E-state index < -0.39 is 23.8 Å². The smallest absolute Gasteiger partial charge is 0.357 e. The molecule has 0 amide bonds. The van der Waals surface area contributed by atoms with E-state index in [9.17, 15) is 13.6 Å². The molecule has 1 heterocycles. The number of hydrogen-bond acceptors (Lipinski definition) is 4. The number of pyridine rings is 1. The molecule has 1 aromatic heterocycles. The van der Waals surface area contributed by atoms with Crippen molar-refractivity contribution in [2.45, 2.75) is 19.2 Å². The molecule has 0 atom stereocenters. The number of nitrogens with two attached hydrogens (primary N) is 1. The van der Waals surface area contributed by atoms with Gasteiger partial charge in [-0.3, -0.25) is 0 Å². The maximum atomic E-state index is 12.7. The molecule has 7 heteroatoms. The summed E-state index contributed by atoms with van der Waals surface area (Å²) in [6.45, 7) is 1.78. The lowest BCUT2D eigenvalue weighted by atomic mass is 10.1. The third-order valence-electron chi connectivity index (χ3n) is 2.02. The van der Waals surface area contributed by atoms with Gasteiger partial charge in [-0.2, -0.15) is 0 Å². The Morgan fingerprint density at radius 2 is 2.29 bits per heavy atom. The molecule has 0 aliphatic heterocycles. The number of anilines is 1. The van der Waals surface area contributed by atoms with Crippen molar-refractivity contribution >= 4 is 23.4 Å². The van der Waals surface area contributed by atoms with Gasteiger partial charge in [0.2, 0.25) is 0 Å². The molecule has 17 heavy (non-hydrogen) atoms. The molecular formula is C10H11ClF2N2O2. The van der Waals surface area contributed by atoms with Crippen LogP contribution in [0.4, 0.5) is 14.6 Å². The number of ether oxygens (including phenoxy) is 1. The highest BCUT2D eigenvalue weighted by atomic mass is 35.5. The van der Waals surface area contributed by atoms with Crippen molar-refractivity contribution in [1.82, 2.24) is 4.98 Å². The predicted molar refractivity (Wildman–Crippen MR) is 59.1 cm³/mol. The largest absolute Gasteiger partial charge is 0.461 e. The van der Waals surface area contributed by atoms with Gasteiger partial charge in [-0.25, -0.2) is 18.6 Å². The maximum absolute atomic E-state index is 12.7. The van der Waals surface area contributed by atoms with Gasteiger partial charge in [0.15, 0.2) is 5.69 Å². The second kappa shape index (κ2) is 5.77. The molecule has 1 rings (SSSR count). The summed E-state index contributed by atoms with van der Waals surface area (Å²) in [6.07, 6.45) is -2.78. The zero-order chi connectivity index (χ0) is 13.0. The van der Waals surface area contributed by atoms with Crippen LogP contribution >= 0.6 is 11.6 Å². The van der Waals surface area contributed by atoms with Gasteiger partial charge in [-0.15, -0.1) is 11.6 Å². The molecule has 0 bridgehead atoms. The van der Waals surface area contributed by atoms with E-state index in [0.717, 1.165) is 0 Å². The Hall–Kier alpha value is -1.43. The van der Waals surface area contributed by atoms with Crippen molar-refractivity contribution in [3.8, 4) is 0 Å². The number of aromatic nitrogens is 1. The van der Waals surface area contributed by atoms with Crippen LogP contribution in [0.3, 0.4) is 0 Å². The molecule has 0 aromatic carbocycles. The molecule has 0 saturated carbocycles. The number of nitrogens with zero attached hydrogens (tertiary/aromatic N) is 1. The summed E-state index contributed by atoms with van der Waals surface area (Å²) in [7, 11) is 0. The highest BCUT2D eigenvalue weighted by Crippen LogP contribution is 2.29. The number of esters is 1. The van der Waals surface area contributed by atoms with Crippen molar-refractivity contribution in [2.75, 3.05) is 12.3 Å². The summed E-state index contributed by atoms with van der Waals surface area (Å²) < 4.78 is 30.0. The van der Waals surface area contributed by atoms with Crippen molar-refractivity contribution in [3.63, 3.8) is 0 Å². The van der Waals surface area contributed by atoms with E-state index in [4.69, 9.17) is 22.1 Å². The highest BCUT2D eigenvalue weighted by Gasteiger charge is 2.21. The Morgan fingerprint density at radius 1 is 1.65 bits per heavy atom. The predicted octanol–water partition coefficient (Wildman–Crippen LogP) is 2.52. The van der Waals surface area contributed by atoms with Gasteiger partial charge in [-0.05, 0) is 18.6 Å². The first-order valence-corrected chi connectivity index (χ1v) is 5.35. The molecule has 0 aliphatic rings. The zero-order valence-electron chi connectivity index (χ0n) is 9.04. The van der Waals surface area contributed by atoms with Gasteiger partial charge in [0, 0.05) is 5.88 Å². The number of hydrogen-bond donors (Lipinski definition) is 1. The molecule has 4 nitrogen and oxygen atoms in total. The average molecular weight is 265 g/mol. The fraction of sp³-hybridized carbons (Fsp3) is 0.400. The van der Waals surface area contributed by atoms with E-state index in [-0.39, 0.29) is 23.7 Å². The summed E-state index contributed by atoms with van der Waals surface area (Å²) in [5.41, 5.74) is 4.90. The number of carbonyl (C=O) groups is 1. The van der Waals surface area contributed by atoms with Crippen LogP contribution in [-0.4, -0.2) is 17.6 Å². The lowest BCUT2D eigenvalue weighted by molar-refractivity contribution is 0.0519. The molecule has 0 spiro atoms. The second-order valence-electron chi connectivity index (χ2n) is 3.12. The van der Waals surface area contributed by atoms with Crippen LogP contribution in [0, 0.1) is 0 Å². The van der Waals surface area contributed by atoms with Crippen molar-refractivity contribution in [3.05, 3.63) is 22.9 Å². The molecule has 0 aliphatic carbocycles. The third-order valence-corrected chi connectivity index (χ3v) is 2.31. The molecule has 2 N–H and O–H groups in total. The minimum absolute atomic E-state index is 0.0808. The Balaban J connectivity index is 3.22. The van der Waals surface area contributed by atoms with E-state index in [2.05, 4.69) is 4.98 Å². The minimum Gasteiger partial charge on any atom is -0.461 e. The Bertz CT molecular complexity index is 427. The molecule has 0 unspecified atom stereocenters. The van der Waals surface area contributed by atoms with Crippen LogP contribution in [0.2, 0.25) is 0 Å². The standard InChI is InChI=1S/C10H11ClF2N2O2/c1-2-17-10(16)6-3-5(4-11)7(8(12)13)9(14)15-6/h3,8H,2,4H2,1H3,(H2,14,15). The van der Waals surface area contributed by atoms with Gasteiger partial charge in [0.1, 0.15) is 5.82 Å². The number of rotatable bonds is 4. The number of halogens is 3. The average Bonchev–Trinajstić information content (AvgIpc) is 2.27. The van der Waals surface area contributed by atoms with E-state index in [1.165, 1.54) is 6.07 Å². The first kappa shape index (κ1) is 13.6. The Morgan fingerprint density at radius 3 is 2.76 bits per heavy atom. The summed E-state index contributed by atoms with van der Waals surface area (Å²) in [6, 6.07) is 1.17. The van der Waals surface area contributed by atoms with Crippen LogP contribution in [0.1, 0.15) is 35.0 Å². The second-order valence-corrected chi connectivity index (χ2v) is 3.39. The Kier molecular flexibility index (Phi) is 4.62. The molecule has 1 aromatic rings. The number of carbonyl (C=O) groups excluding carboxylic acids is 1. The van der Waals surface area contributed by atoms with Gasteiger partial charge < -0.3 is 10.5 Å². The number of nitrogen functional groups attached to an aromatic ring is 1. The van der Waals surface area contributed by atoms with E-state index in [0.29, 0.717) is 0 Å². The summed E-state index contributed by atoms with van der Waals surface area (Å²) in [5.74, 6) is -1.30. The van der Waals surface area contributed by atoms with Crippen LogP contribution in [0.5, 0.6) is 0 Å². The van der Waals surface area contributed by atoms with Crippen molar-refractivity contribution < 1.29 is 18.3 Å². The fourth-order valence-electron chi connectivity index (χ4n) is 1.30. The Labute approximate surface area is 102 Å². The SMILES string of the molecule is CCOC(=O)c1cc(CCl)c(C(F)F)c(N)n1. The van der Waals surface area contributed by atoms with Gasteiger partial charge in [-0.1, -0.05) is 0 Å². The van der Waals surface area contributed by atoms with E-state index in [1.54, 1.807) is 6.92 Å². The van der Waals surface area contributed by atoms with E-state index >= 15 is 0 Å². The summed E-state index contributed by atoms with van der Waals surface area (Å²) in [5, 5.41) is 0. The third kappa shape index (κ3) is 3.03. The molecule has 94 valence electrons. The van der Waals surface area contributed by atoms with Gasteiger partial charge >= 0.3 is 5.97 Å². The first-order valence-electron chi connectivity index (χ1n) is 4.81. The van der Waals surface area contributed by atoms with Gasteiger partial charge in [0.25, 0.3) is 6.43 Å². The van der Waals surface area contributed by atoms with Crippen LogP contribution in [-0.2, 0) is 10.6 Å². The zero-order valence-corrected chi connectivity index (χ0v) is 9.80. The molecule has 0 saturated heterocycles. The summed E-state index contributed by atoms with van der Waals surface area (Å²) >= 11 is 5.53. The normalized spacial score (nSPS) is 10.6. The van der Waals surface area contributed by atoms with Crippen molar-refractivity contribution in [2.24, 2.45) is 0 Å². The lowest BCUT2D eigenvalue weighted by Gasteiger charge is -2.11. The van der Waals surface area contributed by atoms with Crippen LogP contribution < -0.4 is 5.73 Å². The minimum atomic E-state index is -2.78. The maximum Gasteiger partial charge on any atom is 0.357 e. The molecule has 0 fully saturated rings. The van der Waals surface area contributed by atoms with Crippen molar-refractivity contribution in [1.29, 1.82) is 0 Å². The van der Waals surface area contributed by atoms with Gasteiger partial charge in [0.05, 0.1) is 12.2 Å². The molecule has 0 radical (unpaired) electrons. The lowest BCUT2D eigenvalue weighted by Crippen LogP contribution is -2.12. The van der Waals surface area contributed by atoms with Crippen LogP contribution in [0.25, 0.3) is 0 Å². The monoisotopic (exact) mass is 264 g/mol. The summed E-state index contributed by atoms with van der Waals surface area (Å²) in [4.78, 5) is 15.0. The first-order chi connectivity index (χ1) is 8.01. The highest BCUT2D eigenvalue weighted by molar-refractivity contribution is 6.17.